The maximum atomic E-state index is 12.2. The normalized spacial score (nSPS) is 46.5. The zero-order valence-corrected chi connectivity index (χ0v) is 19.7. The van der Waals surface area contributed by atoms with Gasteiger partial charge in [-0.25, -0.2) is 0 Å². The van der Waals surface area contributed by atoms with Crippen LogP contribution in [-0.2, 0) is 19.1 Å². The second kappa shape index (κ2) is 8.22. The third-order valence-corrected chi connectivity index (χ3v) is 10.6. The van der Waals surface area contributed by atoms with E-state index < -0.39 is 0 Å². The molecule has 4 fully saturated rings. The Hall–Kier alpha value is -0.900. The van der Waals surface area contributed by atoms with Crippen molar-refractivity contribution in [2.24, 2.45) is 46.3 Å². The maximum absolute atomic E-state index is 12.2. The molecule has 9 atom stereocenters. The first kappa shape index (κ1) is 22.3. The summed E-state index contributed by atoms with van der Waals surface area (Å²) in [5.74, 6) is 4.15. The van der Waals surface area contributed by atoms with Gasteiger partial charge in [0.15, 0.2) is 0 Å². The zero-order valence-electron chi connectivity index (χ0n) is 19.7. The first-order valence-corrected chi connectivity index (χ1v) is 12.4. The van der Waals surface area contributed by atoms with Gasteiger partial charge in [-0.2, -0.15) is 0 Å². The van der Waals surface area contributed by atoms with Gasteiger partial charge in [-0.3, -0.25) is 9.59 Å². The van der Waals surface area contributed by atoms with Crippen LogP contribution in [-0.4, -0.2) is 32.1 Å². The number of carbonyl (C=O) groups excluding carboxylic acids is 2. The SMILES string of the molecule is COC(=O)CC[C@@H](C)[C@H]1CC[C@H]2[C@@H]3[C@H](OC)C[C@@H]4CC(=O)CC[C@]4(C)[C@H]3CC[C@]12C. The Balaban J connectivity index is 1.56. The summed E-state index contributed by atoms with van der Waals surface area (Å²) in [4.78, 5) is 23.9. The summed E-state index contributed by atoms with van der Waals surface area (Å²) in [6, 6.07) is 0. The average Bonchev–Trinajstić information content (AvgIpc) is 3.09. The van der Waals surface area contributed by atoms with E-state index in [2.05, 4.69) is 20.8 Å². The Kier molecular flexibility index (Phi) is 6.11. The van der Waals surface area contributed by atoms with Crippen LogP contribution in [0.3, 0.4) is 0 Å². The molecule has 4 heteroatoms. The molecule has 0 amide bonds. The quantitative estimate of drug-likeness (QED) is 0.559. The van der Waals surface area contributed by atoms with Crippen molar-refractivity contribution in [1.29, 1.82) is 0 Å². The van der Waals surface area contributed by atoms with E-state index in [4.69, 9.17) is 9.47 Å². The topological polar surface area (TPSA) is 52.6 Å². The van der Waals surface area contributed by atoms with Crippen LogP contribution in [0.5, 0.6) is 0 Å². The lowest BCUT2D eigenvalue weighted by molar-refractivity contribution is -0.175. The smallest absolute Gasteiger partial charge is 0.305 e. The summed E-state index contributed by atoms with van der Waals surface area (Å²) in [6.07, 6.45) is 10.6. The van der Waals surface area contributed by atoms with E-state index in [1.807, 2.05) is 7.11 Å². The highest BCUT2D eigenvalue weighted by Crippen LogP contribution is 2.68. The first-order chi connectivity index (χ1) is 14.2. The summed E-state index contributed by atoms with van der Waals surface area (Å²) in [7, 11) is 3.38. The number of rotatable bonds is 5. The van der Waals surface area contributed by atoms with Crippen LogP contribution < -0.4 is 0 Å². The number of methoxy groups -OCH3 is 2. The minimum atomic E-state index is -0.0807. The number of hydrogen-bond acceptors (Lipinski definition) is 4. The lowest BCUT2D eigenvalue weighted by Crippen LogP contribution is -2.58. The van der Waals surface area contributed by atoms with Crippen LogP contribution in [0.15, 0.2) is 0 Å². The number of ketones is 1. The Bertz CT molecular complexity index is 674. The van der Waals surface area contributed by atoms with Crippen molar-refractivity contribution in [2.45, 2.75) is 91.1 Å². The second-order valence-corrected chi connectivity index (χ2v) is 11.6. The van der Waals surface area contributed by atoms with Crippen LogP contribution in [0.25, 0.3) is 0 Å². The molecule has 30 heavy (non-hydrogen) atoms. The highest BCUT2D eigenvalue weighted by atomic mass is 16.5. The minimum Gasteiger partial charge on any atom is -0.469 e. The van der Waals surface area contributed by atoms with Gasteiger partial charge in [-0.05, 0) is 91.3 Å². The van der Waals surface area contributed by atoms with Crippen molar-refractivity contribution in [3.63, 3.8) is 0 Å². The number of esters is 1. The van der Waals surface area contributed by atoms with Gasteiger partial charge in [0.1, 0.15) is 5.78 Å². The molecule has 0 aromatic heterocycles. The van der Waals surface area contributed by atoms with Gasteiger partial charge in [0, 0.05) is 26.4 Å². The van der Waals surface area contributed by atoms with Gasteiger partial charge >= 0.3 is 5.97 Å². The molecule has 0 radical (unpaired) electrons. The predicted molar refractivity (Wildman–Crippen MR) is 117 cm³/mol. The summed E-state index contributed by atoms with van der Waals surface area (Å²) < 4.78 is 11.0. The third-order valence-electron chi connectivity index (χ3n) is 10.6. The van der Waals surface area contributed by atoms with Crippen molar-refractivity contribution in [3.05, 3.63) is 0 Å². The van der Waals surface area contributed by atoms with Crippen LogP contribution in [0.2, 0.25) is 0 Å². The van der Waals surface area contributed by atoms with Gasteiger partial charge < -0.3 is 9.47 Å². The maximum Gasteiger partial charge on any atom is 0.305 e. The minimum absolute atomic E-state index is 0.0807. The molecule has 0 aromatic carbocycles. The van der Waals surface area contributed by atoms with Gasteiger partial charge in [-0.1, -0.05) is 20.8 Å². The molecule has 0 saturated heterocycles. The Morgan fingerprint density at radius 2 is 1.83 bits per heavy atom. The lowest BCUT2D eigenvalue weighted by atomic mass is 9.43. The third kappa shape index (κ3) is 3.45. The molecular formula is C26H42O4. The van der Waals surface area contributed by atoms with Crippen LogP contribution in [0, 0.1) is 46.3 Å². The van der Waals surface area contributed by atoms with E-state index in [-0.39, 0.29) is 5.97 Å². The molecule has 0 unspecified atom stereocenters. The number of hydrogen-bond donors (Lipinski definition) is 0. The second-order valence-electron chi connectivity index (χ2n) is 11.6. The number of Topliss-reactive ketones (excluding diaryl/α,β-unsaturated/α-hetero) is 1. The van der Waals surface area contributed by atoms with Gasteiger partial charge in [0.2, 0.25) is 0 Å². The fraction of sp³-hybridized carbons (Fsp3) is 0.923. The number of carbonyl (C=O) groups is 2. The van der Waals surface area contributed by atoms with E-state index in [9.17, 15) is 9.59 Å². The van der Waals surface area contributed by atoms with Crippen LogP contribution in [0.1, 0.15) is 85.0 Å². The molecule has 0 N–H and O–H groups in total. The van der Waals surface area contributed by atoms with Crippen LogP contribution in [0.4, 0.5) is 0 Å². The molecule has 4 aliphatic carbocycles. The van der Waals surface area contributed by atoms with Crippen LogP contribution >= 0.6 is 0 Å². The van der Waals surface area contributed by atoms with Crippen molar-refractivity contribution in [3.8, 4) is 0 Å². The molecule has 170 valence electrons. The molecule has 0 heterocycles. The van der Waals surface area contributed by atoms with Crippen molar-refractivity contribution >= 4 is 11.8 Å². The largest absolute Gasteiger partial charge is 0.469 e. The van der Waals surface area contributed by atoms with E-state index in [1.165, 1.54) is 32.8 Å². The monoisotopic (exact) mass is 418 g/mol. The molecule has 0 spiro atoms. The molecule has 4 rings (SSSR count). The van der Waals surface area contributed by atoms with Gasteiger partial charge in [0.25, 0.3) is 0 Å². The van der Waals surface area contributed by atoms with E-state index >= 15 is 0 Å². The van der Waals surface area contributed by atoms with Gasteiger partial charge in [-0.15, -0.1) is 0 Å². The summed E-state index contributed by atoms with van der Waals surface area (Å²) >= 11 is 0. The summed E-state index contributed by atoms with van der Waals surface area (Å²) in [5, 5.41) is 0. The molecule has 4 saturated carbocycles. The van der Waals surface area contributed by atoms with Gasteiger partial charge in [0.05, 0.1) is 13.2 Å². The highest BCUT2D eigenvalue weighted by molar-refractivity contribution is 5.79. The van der Waals surface area contributed by atoms with E-state index in [0.29, 0.717) is 64.6 Å². The molecule has 0 bridgehead atoms. The van der Waals surface area contributed by atoms with Crippen molar-refractivity contribution < 1.29 is 19.1 Å². The molecule has 0 aromatic rings. The average molecular weight is 419 g/mol. The molecular weight excluding hydrogens is 376 g/mol. The lowest BCUT2D eigenvalue weighted by Gasteiger charge is -2.62. The van der Waals surface area contributed by atoms with E-state index in [0.717, 1.165) is 32.1 Å². The molecule has 4 nitrogen and oxygen atoms in total. The Morgan fingerprint density at radius 1 is 1.10 bits per heavy atom. The standard InChI is InChI=1S/C26H42O4/c1-16(6-9-23(28)30-5)19-7-8-20-24-21(11-13-26(19,20)3)25(2)12-10-18(27)14-17(25)15-22(24)29-4/h16-17,19-22,24H,6-15H2,1-5H3/t16-,17+,19-,20+,21+,22-,24+,25+,26-/m1/s1. The van der Waals surface area contributed by atoms with Crippen molar-refractivity contribution in [1.82, 2.24) is 0 Å². The zero-order chi connectivity index (χ0) is 21.7. The highest BCUT2D eigenvalue weighted by Gasteiger charge is 2.63. The first-order valence-electron chi connectivity index (χ1n) is 12.4. The summed E-state index contributed by atoms with van der Waals surface area (Å²) in [6.45, 7) is 7.40. The number of ether oxygens (including phenoxy) is 2. The van der Waals surface area contributed by atoms with Crippen molar-refractivity contribution in [2.75, 3.05) is 14.2 Å². The fourth-order valence-corrected chi connectivity index (χ4v) is 8.86. The molecule has 0 aliphatic heterocycles. The Labute approximate surface area is 182 Å². The predicted octanol–water partition coefficient (Wildman–Crippen LogP) is 5.43. The molecule has 4 aliphatic rings. The van der Waals surface area contributed by atoms with E-state index in [1.54, 1.807) is 0 Å². The summed E-state index contributed by atoms with van der Waals surface area (Å²) in [5.41, 5.74) is 0.657. The fourth-order valence-electron chi connectivity index (χ4n) is 8.86. The Morgan fingerprint density at radius 3 is 2.53 bits per heavy atom. The number of fused-ring (bicyclic) bond motifs is 5.